The van der Waals surface area contributed by atoms with Gasteiger partial charge in [-0.25, -0.2) is 8.42 Å². The second-order valence-corrected chi connectivity index (χ2v) is 8.98. The summed E-state index contributed by atoms with van der Waals surface area (Å²) in [7, 11) is -3.53. The third kappa shape index (κ3) is 3.01. The van der Waals surface area contributed by atoms with Gasteiger partial charge in [-0.3, -0.25) is 4.79 Å². The van der Waals surface area contributed by atoms with Crippen molar-refractivity contribution in [3.05, 3.63) is 4.88 Å². The quantitative estimate of drug-likeness (QED) is 0.733. The summed E-state index contributed by atoms with van der Waals surface area (Å²) in [6.45, 7) is 4.99. The van der Waals surface area contributed by atoms with E-state index in [9.17, 15) is 13.2 Å². The fourth-order valence-electron chi connectivity index (χ4n) is 2.47. The summed E-state index contributed by atoms with van der Waals surface area (Å²) in [6.07, 6.45) is 3.32. The maximum absolute atomic E-state index is 11.9. The molecule has 1 aromatic rings. The Morgan fingerprint density at radius 1 is 1.43 bits per heavy atom. The number of nitrogen functional groups attached to an aromatic ring is 1. The number of anilines is 2. The van der Waals surface area contributed by atoms with Gasteiger partial charge < -0.3 is 16.8 Å². The lowest BCUT2D eigenvalue weighted by Crippen LogP contribution is -2.21. The van der Waals surface area contributed by atoms with Crippen LogP contribution in [0.5, 0.6) is 0 Å². The minimum atomic E-state index is -3.53. The Morgan fingerprint density at radius 3 is 2.38 bits per heavy atom. The van der Waals surface area contributed by atoms with Crippen molar-refractivity contribution in [2.45, 2.75) is 31.6 Å². The molecule has 1 fully saturated rings. The molecule has 5 N–H and O–H groups in total. The molecule has 0 aliphatic heterocycles. The van der Waals surface area contributed by atoms with Crippen molar-refractivity contribution < 1.29 is 13.2 Å². The van der Waals surface area contributed by atoms with Crippen LogP contribution in [0.25, 0.3) is 0 Å². The molecule has 1 aliphatic carbocycles. The zero-order chi connectivity index (χ0) is 16.0. The first-order chi connectivity index (χ1) is 9.58. The van der Waals surface area contributed by atoms with E-state index in [-0.39, 0.29) is 20.9 Å². The first-order valence-electron chi connectivity index (χ1n) is 6.74. The molecule has 0 radical (unpaired) electrons. The monoisotopic (exact) mass is 331 g/mol. The van der Waals surface area contributed by atoms with Crippen LogP contribution < -0.4 is 16.8 Å². The Bertz CT molecular complexity index is 673. The van der Waals surface area contributed by atoms with Crippen molar-refractivity contribution in [3.63, 3.8) is 0 Å². The van der Waals surface area contributed by atoms with Gasteiger partial charge in [0.2, 0.25) is 0 Å². The molecule has 0 bridgehead atoms. The lowest BCUT2D eigenvalue weighted by atomic mass is 9.92. The standard InChI is InChI=1S/C13H21N3O3S2/c1-7(2)13(4-5-13)6-16-12-10(21(3,18)19)8(14)9(20-12)11(15)17/h7,16H,4-6,14H2,1-3H3,(H2,15,17). The molecule has 1 saturated carbocycles. The fraction of sp³-hybridized carbons (Fsp3) is 0.615. The maximum atomic E-state index is 11.9. The van der Waals surface area contributed by atoms with E-state index in [0.29, 0.717) is 17.5 Å². The Morgan fingerprint density at radius 2 is 2.00 bits per heavy atom. The van der Waals surface area contributed by atoms with Crippen LogP contribution in [0, 0.1) is 11.3 Å². The van der Waals surface area contributed by atoms with Crippen molar-refractivity contribution in [2.75, 3.05) is 23.9 Å². The zero-order valence-corrected chi connectivity index (χ0v) is 14.0. The molecule has 2 rings (SSSR count). The third-order valence-corrected chi connectivity index (χ3v) is 6.68. The molecule has 1 heterocycles. The second kappa shape index (κ2) is 5.17. The molecule has 1 amide bonds. The van der Waals surface area contributed by atoms with Crippen molar-refractivity contribution in [2.24, 2.45) is 17.1 Å². The van der Waals surface area contributed by atoms with Crippen molar-refractivity contribution >= 4 is 37.8 Å². The molecule has 1 aromatic heterocycles. The lowest BCUT2D eigenvalue weighted by Gasteiger charge is -2.20. The molecule has 21 heavy (non-hydrogen) atoms. The van der Waals surface area contributed by atoms with Crippen LogP contribution in [0.2, 0.25) is 0 Å². The van der Waals surface area contributed by atoms with Crippen LogP contribution >= 0.6 is 11.3 Å². The van der Waals surface area contributed by atoms with Crippen molar-refractivity contribution in [3.8, 4) is 0 Å². The average Bonchev–Trinajstić information content (AvgIpc) is 3.04. The van der Waals surface area contributed by atoms with Crippen molar-refractivity contribution in [1.29, 1.82) is 0 Å². The summed E-state index contributed by atoms with van der Waals surface area (Å²) in [5.41, 5.74) is 11.2. The van der Waals surface area contributed by atoms with E-state index in [0.717, 1.165) is 30.4 Å². The number of hydrogen-bond donors (Lipinski definition) is 3. The van der Waals surface area contributed by atoms with E-state index in [1.165, 1.54) is 0 Å². The van der Waals surface area contributed by atoms with E-state index in [1.807, 2.05) is 0 Å². The molecule has 0 atom stereocenters. The molecular weight excluding hydrogens is 310 g/mol. The molecule has 118 valence electrons. The van der Waals surface area contributed by atoms with Crippen LogP contribution in [0.4, 0.5) is 10.7 Å². The fourth-order valence-corrected chi connectivity index (χ4v) is 4.89. The predicted octanol–water partition coefficient (Wildman–Crippen LogP) is 1.68. The number of hydrogen-bond acceptors (Lipinski definition) is 6. The van der Waals surface area contributed by atoms with E-state index >= 15 is 0 Å². The van der Waals surface area contributed by atoms with Gasteiger partial charge in [-0.05, 0) is 24.2 Å². The highest BCUT2D eigenvalue weighted by Crippen LogP contribution is 2.52. The van der Waals surface area contributed by atoms with E-state index in [4.69, 9.17) is 11.5 Å². The summed E-state index contributed by atoms with van der Waals surface area (Å²) < 4.78 is 23.8. The highest BCUT2D eigenvalue weighted by atomic mass is 32.2. The smallest absolute Gasteiger partial charge is 0.261 e. The normalized spacial score (nSPS) is 17.0. The van der Waals surface area contributed by atoms with E-state index in [2.05, 4.69) is 19.2 Å². The minimum Gasteiger partial charge on any atom is -0.396 e. The minimum absolute atomic E-state index is 0.0131. The van der Waals surface area contributed by atoms with Gasteiger partial charge in [0.05, 0.1) is 5.69 Å². The van der Waals surface area contributed by atoms with Gasteiger partial charge >= 0.3 is 0 Å². The summed E-state index contributed by atoms with van der Waals surface area (Å²) in [4.78, 5) is 11.4. The van der Waals surface area contributed by atoms with E-state index in [1.54, 1.807) is 0 Å². The number of sulfone groups is 1. The Kier molecular flexibility index (Phi) is 3.96. The van der Waals surface area contributed by atoms with E-state index < -0.39 is 15.7 Å². The second-order valence-electron chi connectivity index (χ2n) is 6.01. The summed E-state index contributed by atoms with van der Waals surface area (Å²) >= 11 is 1.01. The summed E-state index contributed by atoms with van der Waals surface area (Å²) in [6, 6.07) is 0. The van der Waals surface area contributed by atoms with Gasteiger partial charge in [0, 0.05) is 12.8 Å². The number of nitrogens with two attached hydrogens (primary N) is 2. The number of carbonyl (C=O) groups is 1. The van der Waals surface area contributed by atoms with Gasteiger partial charge in [0.1, 0.15) is 14.8 Å². The zero-order valence-electron chi connectivity index (χ0n) is 12.4. The van der Waals surface area contributed by atoms with Gasteiger partial charge in [-0.15, -0.1) is 11.3 Å². The number of amides is 1. The lowest BCUT2D eigenvalue weighted by molar-refractivity contribution is 0.100. The predicted molar refractivity (Wildman–Crippen MR) is 85.4 cm³/mol. The molecule has 0 saturated heterocycles. The Hall–Kier alpha value is -1.28. The number of thiophene rings is 1. The number of nitrogens with one attached hydrogen (secondary N) is 1. The molecule has 0 aromatic carbocycles. The largest absolute Gasteiger partial charge is 0.396 e. The van der Waals surface area contributed by atoms with Crippen LogP contribution in [-0.4, -0.2) is 27.1 Å². The highest BCUT2D eigenvalue weighted by Gasteiger charge is 2.45. The average molecular weight is 331 g/mol. The summed E-state index contributed by atoms with van der Waals surface area (Å²) in [5, 5.41) is 3.58. The van der Waals surface area contributed by atoms with Gasteiger partial charge in [0.25, 0.3) is 5.91 Å². The SMILES string of the molecule is CC(C)C1(CNc2sc(C(N)=O)c(N)c2S(C)(=O)=O)CC1. The molecule has 6 nitrogen and oxygen atoms in total. The highest BCUT2D eigenvalue weighted by molar-refractivity contribution is 7.91. The topological polar surface area (TPSA) is 115 Å². The number of rotatable bonds is 6. The molecule has 0 spiro atoms. The molecule has 1 aliphatic rings. The van der Waals surface area contributed by atoms with Gasteiger partial charge in [-0.2, -0.15) is 0 Å². The molecule has 8 heteroatoms. The summed E-state index contributed by atoms with van der Waals surface area (Å²) in [5.74, 6) is -0.194. The van der Waals surface area contributed by atoms with Gasteiger partial charge in [0.15, 0.2) is 9.84 Å². The van der Waals surface area contributed by atoms with Crippen LogP contribution in [0.15, 0.2) is 4.90 Å². The van der Waals surface area contributed by atoms with Crippen LogP contribution in [-0.2, 0) is 9.84 Å². The third-order valence-electron chi connectivity index (χ3n) is 4.21. The first-order valence-corrected chi connectivity index (χ1v) is 9.45. The first kappa shape index (κ1) is 16.1. The molecule has 0 unspecified atom stereocenters. The molecular formula is C13H21N3O3S2. The van der Waals surface area contributed by atoms with Gasteiger partial charge in [-0.1, -0.05) is 13.8 Å². The Balaban J connectivity index is 2.35. The van der Waals surface area contributed by atoms with Crippen LogP contribution in [0.3, 0.4) is 0 Å². The maximum Gasteiger partial charge on any atom is 0.261 e. The van der Waals surface area contributed by atoms with Crippen LogP contribution in [0.1, 0.15) is 36.4 Å². The van der Waals surface area contributed by atoms with Crippen molar-refractivity contribution in [1.82, 2.24) is 0 Å². The number of primary amides is 1. The Labute approximate surface area is 128 Å². The number of carbonyl (C=O) groups excluding carboxylic acids is 1.